The van der Waals surface area contributed by atoms with Gasteiger partial charge >= 0.3 is 0 Å². The van der Waals surface area contributed by atoms with Crippen molar-refractivity contribution in [2.24, 2.45) is 4.99 Å². The van der Waals surface area contributed by atoms with Gasteiger partial charge in [-0.25, -0.2) is 8.42 Å². The molecule has 0 saturated carbocycles. The predicted molar refractivity (Wildman–Crippen MR) is 120 cm³/mol. The fourth-order valence-electron chi connectivity index (χ4n) is 3.01. The third-order valence-corrected chi connectivity index (χ3v) is 6.00. The number of ether oxygens (including phenoxy) is 1. The minimum atomic E-state index is -3.32. The standard InChI is InChI=1S/C18H30N4O3S.HI/c1-14-6-5-7-17(10-14)11-21-18(19-4)20-8-9-26(23,24)22-12-15(2)25-16(3)13-22;/h5-7,10,15-16H,8-9,11-13H2,1-4H3,(H2,19,20,21);1H. The number of sulfonamides is 1. The number of guanidine groups is 1. The number of nitrogens with one attached hydrogen (secondary N) is 2. The lowest BCUT2D eigenvalue weighted by molar-refractivity contribution is -0.0440. The summed E-state index contributed by atoms with van der Waals surface area (Å²) < 4.78 is 32.2. The first-order valence-corrected chi connectivity index (χ1v) is 10.5. The molecule has 2 atom stereocenters. The average Bonchev–Trinajstić information content (AvgIpc) is 2.57. The molecule has 0 amide bonds. The fourth-order valence-corrected chi connectivity index (χ4v) is 4.51. The lowest BCUT2D eigenvalue weighted by Gasteiger charge is -2.34. The molecule has 1 aliphatic rings. The molecule has 0 bridgehead atoms. The van der Waals surface area contributed by atoms with Crippen LogP contribution in [-0.2, 0) is 21.3 Å². The molecule has 154 valence electrons. The Bertz CT molecular complexity index is 717. The third-order valence-electron chi connectivity index (χ3n) is 4.20. The maximum Gasteiger partial charge on any atom is 0.216 e. The smallest absolute Gasteiger partial charge is 0.216 e. The van der Waals surface area contributed by atoms with Crippen molar-refractivity contribution in [3.63, 3.8) is 0 Å². The second-order valence-corrected chi connectivity index (χ2v) is 8.82. The van der Waals surface area contributed by atoms with Crippen LogP contribution in [0.5, 0.6) is 0 Å². The lowest BCUT2D eigenvalue weighted by Crippen LogP contribution is -2.50. The summed E-state index contributed by atoms with van der Waals surface area (Å²) in [6, 6.07) is 8.21. The molecule has 7 nitrogen and oxygen atoms in total. The maximum atomic E-state index is 12.5. The number of nitrogens with zero attached hydrogens (tertiary/aromatic N) is 2. The lowest BCUT2D eigenvalue weighted by atomic mass is 10.1. The van der Waals surface area contributed by atoms with Crippen LogP contribution in [0.3, 0.4) is 0 Å². The summed E-state index contributed by atoms with van der Waals surface area (Å²) in [6.07, 6.45) is -0.157. The number of benzene rings is 1. The van der Waals surface area contributed by atoms with Gasteiger partial charge in [0.1, 0.15) is 0 Å². The van der Waals surface area contributed by atoms with Crippen LogP contribution in [0.25, 0.3) is 0 Å². The molecular weight excluding hydrogens is 479 g/mol. The van der Waals surface area contributed by atoms with Gasteiger partial charge in [-0.05, 0) is 26.3 Å². The average molecular weight is 510 g/mol. The van der Waals surface area contributed by atoms with Gasteiger partial charge in [-0.15, -0.1) is 24.0 Å². The van der Waals surface area contributed by atoms with E-state index in [1.54, 1.807) is 7.05 Å². The molecule has 1 aromatic carbocycles. The van der Waals surface area contributed by atoms with E-state index in [0.29, 0.717) is 32.1 Å². The van der Waals surface area contributed by atoms with Crippen LogP contribution < -0.4 is 10.6 Å². The van der Waals surface area contributed by atoms with Crippen molar-refractivity contribution in [2.75, 3.05) is 32.4 Å². The molecule has 0 spiro atoms. The van der Waals surface area contributed by atoms with Crippen LogP contribution in [0, 0.1) is 6.92 Å². The number of aliphatic imine (C=N–C) groups is 1. The van der Waals surface area contributed by atoms with E-state index in [9.17, 15) is 8.42 Å². The van der Waals surface area contributed by atoms with E-state index in [4.69, 9.17) is 4.74 Å². The largest absolute Gasteiger partial charge is 0.373 e. The summed E-state index contributed by atoms with van der Waals surface area (Å²) >= 11 is 0. The number of hydrogen-bond donors (Lipinski definition) is 2. The number of hydrogen-bond acceptors (Lipinski definition) is 4. The van der Waals surface area contributed by atoms with Gasteiger partial charge in [-0.1, -0.05) is 29.8 Å². The number of halogens is 1. The highest BCUT2D eigenvalue weighted by Gasteiger charge is 2.30. The van der Waals surface area contributed by atoms with Crippen LogP contribution in [-0.4, -0.2) is 63.3 Å². The van der Waals surface area contributed by atoms with E-state index < -0.39 is 10.0 Å². The molecule has 1 fully saturated rings. The zero-order valence-corrected chi connectivity index (χ0v) is 19.6. The summed E-state index contributed by atoms with van der Waals surface area (Å²) in [6.45, 7) is 7.60. The molecule has 9 heteroatoms. The van der Waals surface area contributed by atoms with Gasteiger partial charge in [0.15, 0.2) is 5.96 Å². The summed E-state index contributed by atoms with van der Waals surface area (Å²) in [5.74, 6) is 0.614. The predicted octanol–water partition coefficient (Wildman–Crippen LogP) is 1.72. The molecule has 2 N–H and O–H groups in total. The Morgan fingerprint density at radius 3 is 2.52 bits per heavy atom. The molecule has 1 saturated heterocycles. The van der Waals surface area contributed by atoms with E-state index in [-0.39, 0.29) is 41.9 Å². The third kappa shape index (κ3) is 7.92. The van der Waals surface area contributed by atoms with Crippen LogP contribution in [0.2, 0.25) is 0 Å². The summed E-state index contributed by atoms with van der Waals surface area (Å²) in [4.78, 5) is 4.15. The first-order valence-electron chi connectivity index (χ1n) is 8.93. The van der Waals surface area contributed by atoms with E-state index in [0.717, 1.165) is 5.56 Å². The minimum Gasteiger partial charge on any atom is -0.373 e. The summed E-state index contributed by atoms with van der Waals surface area (Å²) in [5, 5.41) is 6.28. The van der Waals surface area contributed by atoms with Crippen LogP contribution >= 0.6 is 24.0 Å². The van der Waals surface area contributed by atoms with Gasteiger partial charge in [-0.3, -0.25) is 4.99 Å². The Morgan fingerprint density at radius 1 is 1.26 bits per heavy atom. The van der Waals surface area contributed by atoms with Crippen molar-refractivity contribution in [3.8, 4) is 0 Å². The topological polar surface area (TPSA) is 83.0 Å². The van der Waals surface area contributed by atoms with Crippen molar-refractivity contribution in [3.05, 3.63) is 35.4 Å². The van der Waals surface area contributed by atoms with E-state index in [1.165, 1.54) is 9.87 Å². The van der Waals surface area contributed by atoms with Gasteiger partial charge in [0.2, 0.25) is 10.0 Å². The zero-order chi connectivity index (χ0) is 19.2. The monoisotopic (exact) mass is 510 g/mol. The number of morpholine rings is 1. The first-order chi connectivity index (χ1) is 12.3. The Balaban J connectivity index is 0.00000364. The van der Waals surface area contributed by atoms with Gasteiger partial charge in [0.25, 0.3) is 0 Å². The highest BCUT2D eigenvalue weighted by atomic mass is 127. The molecule has 0 aromatic heterocycles. The van der Waals surface area contributed by atoms with Gasteiger partial charge in [0, 0.05) is 33.2 Å². The molecule has 2 rings (SSSR count). The second-order valence-electron chi connectivity index (χ2n) is 6.73. The molecule has 0 radical (unpaired) electrons. The van der Waals surface area contributed by atoms with Crippen LogP contribution in [0.15, 0.2) is 29.3 Å². The van der Waals surface area contributed by atoms with E-state index in [2.05, 4.69) is 34.7 Å². The van der Waals surface area contributed by atoms with Crippen molar-refractivity contribution in [1.82, 2.24) is 14.9 Å². The SMILES string of the molecule is CN=C(NCCS(=O)(=O)N1CC(C)OC(C)C1)NCc1cccc(C)c1.I. The molecule has 27 heavy (non-hydrogen) atoms. The second kappa shape index (κ2) is 11.2. The highest BCUT2D eigenvalue weighted by molar-refractivity contribution is 14.0. The molecule has 0 aliphatic carbocycles. The van der Waals surface area contributed by atoms with Gasteiger partial charge < -0.3 is 15.4 Å². The van der Waals surface area contributed by atoms with Crippen molar-refractivity contribution >= 4 is 40.0 Å². The van der Waals surface area contributed by atoms with Crippen molar-refractivity contribution < 1.29 is 13.2 Å². The van der Waals surface area contributed by atoms with E-state index >= 15 is 0 Å². The van der Waals surface area contributed by atoms with Gasteiger partial charge in [-0.2, -0.15) is 4.31 Å². The van der Waals surface area contributed by atoms with Crippen LogP contribution in [0.1, 0.15) is 25.0 Å². The fraction of sp³-hybridized carbons (Fsp3) is 0.611. The normalized spacial score (nSPS) is 21.4. The molecule has 1 aliphatic heterocycles. The van der Waals surface area contributed by atoms with Gasteiger partial charge in [0.05, 0.1) is 18.0 Å². The first kappa shape index (κ1) is 24.1. The number of aryl methyl sites for hydroxylation is 1. The Kier molecular flexibility index (Phi) is 9.99. The maximum absolute atomic E-state index is 12.5. The Labute approximate surface area is 180 Å². The summed E-state index contributed by atoms with van der Waals surface area (Å²) in [7, 11) is -1.65. The molecule has 1 heterocycles. The molecular formula is C18H31IN4O3S. The highest BCUT2D eigenvalue weighted by Crippen LogP contribution is 2.14. The molecule has 2 unspecified atom stereocenters. The number of rotatable bonds is 6. The molecule has 1 aromatic rings. The van der Waals surface area contributed by atoms with Crippen molar-refractivity contribution in [2.45, 2.75) is 39.5 Å². The van der Waals surface area contributed by atoms with E-state index in [1.807, 2.05) is 26.0 Å². The quantitative estimate of drug-likeness (QED) is 0.346. The Morgan fingerprint density at radius 2 is 1.93 bits per heavy atom. The summed E-state index contributed by atoms with van der Waals surface area (Å²) in [5.41, 5.74) is 2.35. The van der Waals surface area contributed by atoms with Crippen LogP contribution in [0.4, 0.5) is 0 Å². The Hall–Kier alpha value is -0.910. The zero-order valence-electron chi connectivity index (χ0n) is 16.4. The minimum absolute atomic E-state index is 0. The van der Waals surface area contributed by atoms with Crippen molar-refractivity contribution in [1.29, 1.82) is 0 Å².